The first-order valence-corrected chi connectivity index (χ1v) is 9.90. The van der Waals surface area contributed by atoms with E-state index in [-0.39, 0.29) is 24.3 Å². The van der Waals surface area contributed by atoms with Crippen LogP contribution in [0.15, 0.2) is 12.3 Å². The maximum Gasteiger partial charge on any atom is 0.222 e. The number of nitrogen functional groups attached to an aromatic ring is 1. The molecule has 4 N–H and O–H groups in total. The first-order valence-electron chi connectivity index (χ1n) is 9.90. The zero-order valence-electron chi connectivity index (χ0n) is 16.6. The van der Waals surface area contributed by atoms with Crippen LogP contribution >= 0.6 is 0 Å². The Labute approximate surface area is 164 Å². The van der Waals surface area contributed by atoms with Gasteiger partial charge >= 0.3 is 0 Å². The summed E-state index contributed by atoms with van der Waals surface area (Å²) in [6, 6.07) is 1.73. The summed E-state index contributed by atoms with van der Waals surface area (Å²) in [5.41, 5.74) is 6.94. The van der Waals surface area contributed by atoms with Gasteiger partial charge in [-0.1, -0.05) is 19.8 Å². The molecule has 0 amide bonds. The monoisotopic (exact) mass is 387 g/mol. The van der Waals surface area contributed by atoms with E-state index >= 15 is 0 Å². The van der Waals surface area contributed by atoms with Gasteiger partial charge in [-0.15, -0.1) is 0 Å². The van der Waals surface area contributed by atoms with Crippen LogP contribution in [-0.4, -0.2) is 51.2 Å². The van der Waals surface area contributed by atoms with Crippen LogP contribution in [0.5, 0.6) is 0 Å². The average Bonchev–Trinajstić information content (AvgIpc) is 2.71. The number of aliphatic hydroxyl groups excluding tert-OH is 1. The van der Waals surface area contributed by atoms with Crippen LogP contribution in [0.2, 0.25) is 0 Å². The molecule has 0 unspecified atom stereocenters. The number of ether oxygens (including phenoxy) is 1. The number of fused-ring (bicyclic) bond motifs is 1. The molecule has 3 rings (SSSR count). The summed E-state index contributed by atoms with van der Waals surface area (Å²) in [6.07, 6.45) is 5.81. The lowest BCUT2D eigenvalue weighted by molar-refractivity contribution is 0.0544. The molecule has 28 heavy (non-hydrogen) atoms. The number of hydrogen-bond donors (Lipinski definition) is 3. The Kier molecular flexibility index (Phi) is 6.41. The van der Waals surface area contributed by atoms with E-state index in [1.165, 1.54) is 0 Å². The predicted octanol–water partition coefficient (Wildman–Crippen LogP) is 2.57. The normalized spacial score (nSPS) is 17.4. The van der Waals surface area contributed by atoms with Crippen LogP contribution in [0.3, 0.4) is 0 Å². The number of hydrogen-bond acceptors (Lipinski definition) is 8. The second kappa shape index (κ2) is 8.79. The van der Waals surface area contributed by atoms with Crippen molar-refractivity contribution >= 4 is 28.6 Å². The number of nitrogens with one attached hydrogen (secondary N) is 1. The molecule has 0 saturated carbocycles. The molecule has 3 heterocycles. The Morgan fingerprint density at radius 2 is 2.14 bits per heavy atom. The predicted molar refractivity (Wildman–Crippen MR) is 108 cm³/mol. The molecular weight excluding hydrogens is 358 g/mol. The lowest BCUT2D eigenvalue weighted by Gasteiger charge is -2.29. The van der Waals surface area contributed by atoms with E-state index in [0.717, 1.165) is 32.1 Å². The SMILES string of the molecule is CCCC[C@](C)(CO)Nc1nc(N)nc2cc(C(=O)C3CCOCC3)cnc12. The summed E-state index contributed by atoms with van der Waals surface area (Å²) >= 11 is 0. The van der Waals surface area contributed by atoms with E-state index in [9.17, 15) is 9.90 Å². The van der Waals surface area contributed by atoms with E-state index in [4.69, 9.17) is 10.5 Å². The third kappa shape index (κ3) is 4.56. The number of carbonyl (C=O) groups excluding carboxylic acids is 1. The van der Waals surface area contributed by atoms with Gasteiger partial charge in [0.15, 0.2) is 11.6 Å². The highest BCUT2D eigenvalue weighted by molar-refractivity contribution is 6.00. The minimum absolute atomic E-state index is 0.0429. The van der Waals surface area contributed by atoms with Crippen LogP contribution in [0.4, 0.5) is 11.8 Å². The Hall–Kier alpha value is -2.32. The first-order chi connectivity index (χ1) is 13.5. The molecule has 1 aliphatic heterocycles. The molecule has 152 valence electrons. The van der Waals surface area contributed by atoms with E-state index in [2.05, 4.69) is 27.2 Å². The highest BCUT2D eigenvalue weighted by Crippen LogP contribution is 2.27. The molecule has 0 aromatic carbocycles. The fourth-order valence-corrected chi connectivity index (χ4v) is 3.49. The number of ketones is 1. The molecule has 1 atom stereocenters. The van der Waals surface area contributed by atoms with Crippen LogP contribution in [0.25, 0.3) is 11.0 Å². The molecule has 1 fully saturated rings. The van der Waals surface area contributed by atoms with Crippen molar-refractivity contribution < 1.29 is 14.6 Å². The second-order valence-electron chi connectivity index (χ2n) is 7.72. The minimum Gasteiger partial charge on any atom is -0.394 e. The largest absolute Gasteiger partial charge is 0.394 e. The number of aliphatic hydroxyl groups is 1. The van der Waals surface area contributed by atoms with Gasteiger partial charge in [-0.05, 0) is 32.3 Å². The summed E-state index contributed by atoms with van der Waals surface area (Å²) in [4.78, 5) is 25.8. The molecule has 0 aliphatic carbocycles. The molecule has 0 radical (unpaired) electrons. The zero-order chi connectivity index (χ0) is 20.1. The molecule has 1 saturated heterocycles. The molecule has 0 bridgehead atoms. The van der Waals surface area contributed by atoms with E-state index in [0.29, 0.717) is 35.6 Å². The standard InChI is InChI=1S/C20H29N5O3/c1-3-4-7-20(2,12-26)25-18-16-15(23-19(21)24-18)10-14(11-22-16)17(27)13-5-8-28-9-6-13/h10-11,13,26H,3-9,12H2,1-2H3,(H3,21,23,24,25)/t20-/m1/s1. The van der Waals surface area contributed by atoms with Gasteiger partial charge < -0.3 is 20.9 Å². The Bertz CT molecular complexity index is 838. The Morgan fingerprint density at radius 3 is 2.82 bits per heavy atom. The summed E-state index contributed by atoms with van der Waals surface area (Å²) in [6.45, 7) is 5.22. The van der Waals surface area contributed by atoms with Crippen LogP contribution in [0.1, 0.15) is 56.3 Å². The number of rotatable bonds is 8. The van der Waals surface area contributed by atoms with Crippen LogP contribution in [-0.2, 0) is 4.74 Å². The number of nitrogens with two attached hydrogens (primary N) is 1. The van der Waals surface area contributed by atoms with E-state index in [1.807, 2.05) is 6.92 Å². The van der Waals surface area contributed by atoms with Crippen molar-refractivity contribution in [3.05, 3.63) is 17.8 Å². The molecule has 2 aromatic rings. The smallest absolute Gasteiger partial charge is 0.222 e. The summed E-state index contributed by atoms with van der Waals surface area (Å²) in [5, 5.41) is 13.2. The fourth-order valence-electron chi connectivity index (χ4n) is 3.49. The lowest BCUT2D eigenvalue weighted by Crippen LogP contribution is -2.39. The number of pyridine rings is 1. The summed E-state index contributed by atoms with van der Waals surface area (Å²) < 4.78 is 5.34. The molecule has 2 aromatic heterocycles. The van der Waals surface area contributed by atoms with Gasteiger partial charge in [-0.3, -0.25) is 4.79 Å². The molecular formula is C20H29N5O3. The highest BCUT2D eigenvalue weighted by Gasteiger charge is 2.26. The van der Waals surface area contributed by atoms with E-state index < -0.39 is 5.54 Å². The number of unbranched alkanes of at least 4 members (excludes halogenated alkanes) is 1. The van der Waals surface area contributed by atoms with Gasteiger partial charge in [0.1, 0.15) is 5.52 Å². The first kappa shape index (κ1) is 20.4. The number of anilines is 2. The van der Waals surface area contributed by atoms with Crippen molar-refractivity contribution in [1.29, 1.82) is 0 Å². The minimum atomic E-state index is -0.540. The van der Waals surface area contributed by atoms with Gasteiger partial charge in [0, 0.05) is 30.9 Å². The van der Waals surface area contributed by atoms with E-state index in [1.54, 1.807) is 12.3 Å². The van der Waals surface area contributed by atoms with Crippen molar-refractivity contribution in [3.8, 4) is 0 Å². The Balaban J connectivity index is 1.91. The quantitative estimate of drug-likeness (QED) is 0.591. The zero-order valence-corrected chi connectivity index (χ0v) is 16.6. The number of nitrogens with zero attached hydrogens (tertiary/aromatic N) is 3. The third-order valence-electron chi connectivity index (χ3n) is 5.28. The van der Waals surface area contributed by atoms with Crippen LogP contribution in [0, 0.1) is 5.92 Å². The third-order valence-corrected chi connectivity index (χ3v) is 5.28. The van der Waals surface area contributed by atoms with Gasteiger partial charge in [0.05, 0.1) is 17.7 Å². The van der Waals surface area contributed by atoms with Crippen molar-refractivity contribution in [2.75, 3.05) is 30.9 Å². The van der Waals surface area contributed by atoms with Crippen molar-refractivity contribution in [2.24, 2.45) is 5.92 Å². The highest BCUT2D eigenvalue weighted by atomic mass is 16.5. The maximum absolute atomic E-state index is 12.8. The lowest BCUT2D eigenvalue weighted by atomic mass is 9.91. The molecule has 8 nitrogen and oxygen atoms in total. The number of carbonyl (C=O) groups is 1. The van der Waals surface area contributed by atoms with Crippen molar-refractivity contribution in [1.82, 2.24) is 15.0 Å². The topological polar surface area (TPSA) is 123 Å². The van der Waals surface area contributed by atoms with Gasteiger partial charge in [0.25, 0.3) is 0 Å². The summed E-state index contributed by atoms with van der Waals surface area (Å²) in [5.74, 6) is 0.590. The molecule has 1 aliphatic rings. The summed E-state index contributed by atoms with van der Waals surface area (Å²) in [7, 11) is 0. The van der Waals surface area contributed by atoms with Gasteiger partial charge in [0.2, 0.25) is 5.95 Å². The van der Waals surface area contributed by atoms with Crippen LogP contribution < -0.4 is 11.1 Å². The van der Waals surface area contributed by atoms with Gasteiger partial charge in [-0.2, -0.15) is 4.98 Å². The average molecular weight is 387 g/mol. The number of aromatic nitrogens is 3. The van der Waals surface area contributed by atoms with Crippen molar-refractivity contribution in [3.63, 3.8) is 0 Å². The molecule has 8 heteroatoms. The van der Waals surface area contributed by atoms with Gasteiger partial charge in [-0.25, -0.2) is 9.97 Å². The fraction of sp³-hybridized carbons (Fsp3) is 0.600. The number of Topliss-reactive ketones (excluding diaryl/α,β-unsaturated/α-hetero) is 1. The molecule has 0 spiro atoms. The Morgan fingerprint density at radius 1 is 1.39 bits per heavy atom. The maximum atomic E-state index is 12.8. The second-order valence-corrected chi connectivity index (χ2v) is 7.72. The van der Waals surface area contributed by atoms with Crippen molar-refractivity contribution in [2.45, 2.75) is 51.5 Å².